The number of aromatic nitrogens is 3. The molecule has 0 spiro atoms. The molecule has 1 fully saturated rings. The summed E-state index contributed by atoms with van der Waals surface area (Å²) in [4.78, 5) is 0.248. The largest absolute Gasteiger partial charge is 0.411 e. The molecule has 3 heterocycles. The second-order valence-corrected chi connectivity index (χ2v) is 9.45. The number of hydrogen-bond donors (Lipinski definition) is 0. The first kappa shape index (κ1) is 19.2. The maximum Gasteiger partial charge on any atom is 0.277 e. The van der Waals surface area contributed by atoms with Crippen molar-refractivity contribution < 1.29 is 17.4 Å². The minimum absolute atomic E-state index is 0.248. The van der Waals surface area contributed by atoms with E-state index in [1.54, 1.807) is 28.6 Å². The fourth-order valence-electron chi connectivity index (χ4n) is 3.05. The summed E-state index contributed by atoms with van der Waals surface area (Å²) < 4.78 is 38.0. The molecule has 2 aromatic heterocycles. The lowest BCUT2D eigenvalue weighted by Gasteiger charge is -2.25. The second-order valence-electron chi connectivity index (χ2n) is 6.58. The first-order valence-corrected chi connectivity index (χ1v) is 11.4. The van der Waals surface area contributed by atoms with Crippen LogP contribution in [0.1, 0.15) is 30.7 Å². The van der Waals surface area contributed by atoms with Gasteiger partial charge in [0.2, 0.25) is 15.9 Å². The van der Waals surface area contributed by atoms with E-state index in [0.29, 0.717) is 29.6 Å². The Morgan fingerprint density at radius 2 is 1.96 bits per heavy atom. The average Bonchev–Trinajstić information content (AvgIpc) is 3.36. The van der Waals surface area contributed by atoms with Crippen molar-refractivity contribution in [3.05, 3.63) is 41.8 Å². The topological polar surface area (TPSA) is 102 Å². The highest BCUT2D eigenvalue weighted by molar-refractivity contribution is 7.98. The SMILES string of the molecule is Cc1cc(CSc2nnc(-c3cccc(S(=O)(=O)N4CCCCC4)c3)o2)no1. The molecule has 0 bridgehead atoms. The first-order chi connectivity index (χ1) is 13.5. The van der Waals surface area contributed by atoms with Crippen molar-refractivity contribution >= 4 is 21.8 Å². The van der Waals surface area contributed by atoms with Crippen molar-refractivity contribution in [2.75, 3.05) is 13.1 Å². The lowest BCUT2D eigenvalue weighted by atomic mass is 10.2. The number of hydrogen-bond acceptors (Lipinski definition) is 8. The summed E-state index contributed by atoms with van der Waals surface area (Å²) in [7, 11) is -3.51. The molecule has 0 atom stereocenters. The van der Waals surface area contributed by atoms with E-state index in [1.807, 2.05) is 13.0 Å². The van der Waals surface area contributed by atoms with Gasteiger partial charge < -0.3 is 8.94 Å². The minimum Gasteiger partial charge on any atom is -0.411 e. The summed E-state index contributed by atoms with van der Waals surface area (Å²) in [6.45, 7) is 2.96. The molecule has 0 saturated carbocycles. The molecule has 28 heavy (non-hydrogen) atoms. The van der Waals surface area contributed by atoms with Gasteiger partial charge in [-0.2, -0.15) is 4.31 Å². The molecule has 0 N–H and O–H groups in total. The van der Waals surface area contributed by atoms with Gasteiger partial charge in [-0.25, -0.2) is 8.42 Å². The van der Waals surface area contributed by atoms with Crippen LogP contribution in [0.4, 0.5) is 0 Å². The number of benzene rings is 1. The summed E-state index contributed by atoms with van der Waals surface area (Å²) in [5, 5.41) is 12.4. The molecule has 1 aliphatic rings. The Bertz CT molecular complexity index is 1050. The predicted octanol–water partition coefficient (Wildman–Crippen LogP) is 3.50. The van der Waals surface area contributed by atoms with Crippen molar-refractivity contribution in [3.63, 3.8) is 0 Å². The van der Waals surface area contributed by atoms with Crippen molar-refractivity contribution in [1.82, 2.24) is 19.7 Å². The van der Waals surface area contributed by atoms with Gasteiger partial charge >= 0.3 is 0 Å². The Morgan fingerprint density at radius 3 is 2.71 bits per heavy atom. The quantitative estimate of drug-likeness (QED) is 0.558. The van der Waals surface area contributed by atoms with E-state index >= 15 is 0 Å². The third-order valence-corrected chi connectivity index (χ3v) is 7.21. The third-order valence-electron chi connectivity index (χ3n) is 4.46. The minimum atomic E-state index is -3.51. The zero-order chi connectivity index (χ0) is 19.6. The summed E-state index contributed by atoms with van der Waals surface area (Å²) in [6, 6.07) is 8.50. The van der Waals surface area contributed by atoms with Crippen LogP contribution in [-0.4, -0.2) is 41.2 Å². The summed E-state index contributed by atoms with van der Waals surface area (Å²) in [5.74, 6) is 1.57. The Kier molecular flexibility index (Phi) is 5.51. The molecule has 4 rings (SSSR count). The number of thioether (sulfide) groups is 1. The van der Waals surface area contributed by atoms with Gasteiger partial charge in [-0.3, -0.25) is 0 Å². The molecule has 1 saturated heterocycles. The standard InChI is InChI=1S/C18H20N4O4S2/c1-13-10-15(21-26-13)12-27-18-20-19-17(25-18)14-6-5-7-16(11-14)28(23,24)22-8-3-2-4-9-22/h5-7,10-11H,2-4,8-9,12H2,1H3. The Hall–Kier alpha value is -2.17. The van der Waals surface area contributed by atoms with Crippen LogP contribution in [0.3, 0.4) is 0 Å². The monoisotopic (exact) mass is 420 g/mol. The number of rotatable bonds is 6. The molecule has 10 heteroatoms. The van der Waals surface area contributed by atoms with E-state index < -0.39 is 10.0 Å². The average molecular weight is 421 g/mol. The molecule has 0 aliphatic carbocycles. The first-order valence-electron chi connectivity index (χ1n) is 9.01. The van der Waals surface area contributed by atoms with Crippen molar-refractivity contribution in [3.8, 4) is 11.5 Å². The number of aryl methyl sites for hydroxylation is 1. The van der Waals surface area contributed by atoms with E-state index in [1.165, 1.54) is 11.8 Å². The molecule has 8 nitrogen and oxygen atoms in total. The van der Waals surface area contributed by atoms with Gasteiger partial charge in [0.1, 0.15) is 5.76 Å². The molecule has 1 aromatic carbocycles. The normalized spacial score (nSPS) is 15.8. The van der Waals surface area contributed by atoms with Crippen LogP contribution in [0, 0.1) is 6.92 Å². The molecule has 148 valence electrons. The molecule has 3 aromatic rings. The maximum absolute atomic E-state index is 12.9. The van der Waals surface area contributed by atoms with Gasteiger partial charge in [0.05, 0.1) is 10.6 Å². The lowest BCUT2D eigenvalue weighted by Crippen LogP contribution is -2.35. The molecule has 0 radical (unpaired) electrons. The molecule has 0 unspecified atom stereocenters. The fourth-order valence-corrected chi connectivity index (χ4v) is 5.26. The van der Waals surface area contributed by atoms with Gasteiger partial charge in [0, 0.05) is 30.5 Å². The molecule has 0 amide bonds. The van der Waals surface area contributed by atoms with Crippen LogP contribution >= 0.6 is 11.8 Å². The molecular weight excluding hydrogens is 400 g/mol. The van der Waals surface area contributed by atoms with Gasteiger partial charge in [-0.05, 0) is 38.0 Å². The highest BCUT2D eigenvalue weighted by Crippen LogP contribution is 2.28. The van der Waals surface area contributed by atoms with Gasteiger partial charge in [0.25, 0.3) is 5.22 Å². The van der Waals surface area contributed by atoms with Gasteiger partial charge in [-0.1, -0.05) is 29.4 Å². The molecule has 1 aliphatic heterocycles. The van der Waals surface area contributed by atoms with Crippen molar-refractivity contribution in [2.24, 2.45) is 0 Å². The van der Waals surface area contributed by atoms with Crippen LogP contribution in [0.25, 0.3) is 11.5 Å². The van der Waals surface area contributed by atoms with Gasteiger partial charge in [-0.15, -0.1) is 10.2 Å². The number of sulfonamides is 1. The van der Waals surface area contributed by atoms with Gasteiger partial charge in [0.15, 0.2) is 0 Å². The predicted molar refractivity (Wildman–Crippen MR) is 103 cm³/mol. The summed E-state index contributed by atoms with van der Waals surface area (Å²) >= 11 is 1.35. The fraction of sp³-hybridized carbons (Fsp3) is 0.389. The van der Waals surface area contributed by atoms with Crippen LogP contribution < -0.4 is 0 Å². The second kappa shape index (κ2) is 8.06. The van der Waals surface area contributed by atoms with E-state index in [9.17, 15) is 8.42 Å². The summed E-state index contributed by atoms with van der Waals surface area (Å²) in [5.41, 5.74) is 1.37. The van der Waals surface area contributed by atoms with Crippen LogP contribution in [0.2, 0.25) is 0 Å². The maximum atomic E-state index is 12.9. The van der Waals surface area contributed by atoms with E-state index in [2.05, 4.69) is 15.4 Å². The Labute approximate surface area is 167 Å². The number of nitrogens with zero attached hydrogens (tertiary/aromatic N) is 4. The Balaban J connectivity index is 1.50. The van der Waals surface area contributed by atoms with Crippen molar-refractivity contribution in [1.29, 1.82) is 0 Å². The van der Waals surface area contributed by atoms with Crippen LogP contribution in [-0.2, 0) is 15.8 Å². The highest BCUT2D eigenvalue weighted by Gasteiger charge is 2.26. The lowest BCUT2D eigenvalue weighted by molar-refractivity contribution is 0.346. The van der Waals surface area contributed by atoms with E-state index in [-0.39, 0.29) is 10.8 Å². The highest BCUT2D eigenvalue weighted by atomic mass is 32.2. The van der Waals surface area contributed by atoms with E-state index in [4.69, 9.17) is 8.94 Å². The third kappa shape index (κ3) is 4.13. The zero-order valence-corrected chi connectivity index (χ0v) is 17.0. The van der Waals surface area contributed by atoms with E-state index in [0.717, 1.165) is 30.7 Å². The van der Waals surface area contributed by atoms with Crippen molar-refractivity contribution in [2.45, 2.75) is 42.1 Å². The molecular formula is C18H20N4O4S2. The Morgan fingerprint density at radius 1 is 1.14 bits per heavy atom. The zero-order valence-electron chi connectivity index (χ0n) is 15.4. The number of piperidine rings is 1. The summed E-state index contributed by atoms with van der Waals surface area (Å²) in [6.07, 6.45) is 2.87. The smallest absolute Gasteiger partial charge is 0.277 e. The van der Waals surface area contributed by atoms with Crippen LogP contribution in [0.15, 0.2) is 49.4 Å². The van der Waals surface area contributed by atoms with Crippen LogP contribution in [0.5, 0.6) is 0 Å².